The van der Waals surface area contributed by atoms with Crippen molar-refractivity contribution >= 4 is 11.9 Å². The molecule has 1 saturated heterocycles. The van der Waals surface area contributed by atoms with Crippen molar-refractivity contribution in [3.05, 3.63) is 35.9 Å². The van der Waals surface area contributed by atoms with Crippen LogP contribution in [-0.2, 0) is 14.3 Å². The summed E-state index contributed by atoms with van der Waals surface area (Å²) in [5, 5.41) is 9.04. The van der Waals surface area contributed by atoms with E-state index in [1.54, 1.807) is 12.0 Å². The number of hydrogen-bond acceptors (Lipinski definition) is 3. The fourth-order valence-electron chi connectivity index (χ4n) is 3.67. The van der Waals surface area contributed by atoms with Gasteiger partial charge in [-0.3, -0.25) is 9.59 Å². The normalized spacial score (nSPS) is 29.5. The molecule has 1 aliphatic heterocycles. The van der Waals surface area contributed by atoms with Crippen LogP contribution in [0.4, 0.5) is 0 Å². The summed E-state index contributed by atoms with van der Waals surface area (Å²) in [7, 11) is 1.61. The largest absolute Gasteiger partial charge is 0.481 e. The van der Waals surface area contributed by atoms with Crippen LogP contribution in [0.5, 0.6) is 0 Å². The molecule has 2 fully saturated rings. The van der Waals surface area contributed by atoms with Crippen molar-refractivity contribution in [3.63, 3.8) is 0 Å². The SMILES string of the molecule is COC1CC(CC(=O)O)N(C(=O)C[C@@H]2C[C@H]2c2ccccc2)C1. The highest BCUT2D eigenvalue weighted by Gasteiger charge is 2.43. The summed E-state index contributed by atoms with van der Waals surface area (Å²) < 4.78 is 5.33. The Balaban J connectivity index is 1.58. The summed E-state index contributed by atoms with van der Waals surface area (Å²) in [6.45, 7) is 0.510. The van der Waals surface area contributed by atoms with Crippen LogP contribution < -0.4 is 0 Å². The fraction of sp³-hybridized carbons (Fsp3) is 0.556. The number of carboxylic acids is 1. The van der Waals surface area contributed by atoms with E-state index in [4.69, 9.17) is 9.84 Å². The Labute approximate surface area is 136 Å². The molecule has 3 rings (SSSR count). The van der Waals surface area contributed by atoms with Gasteiger partial charge in [0.2, 0.25) is 5.91 Å². The Hall–Kier alpha value is -1.88. The van der Waals surface area contributed by atoms with E-state index in [-0.39, 0.29) is 24.5 Å². The zero-order valence-electron chi connectivity index (χ0n) is 13.4. The Morgan fingerprint density at radius 1 is 1.22 bits per heavy atom. The summed E-state index contributed by atoms with van der Waals surface area (Å²) in [5.41, 5.74) is 1.29. The molecular weight excluding hydrogens is 294 g/mol. The highest BCUT2D eigenvalue weighted by Crippen LogP contribution is 2.49. The number of benzene rings is 1. The maximum atomic E-state index is 12.6. The van der Waals surface area contributed by atoms with Gasteiger partial charge in [0.15, 0.2) is 0 Å². The van der Waals surface area contributed by atoms with E-state index in [0.717, 1.165) is 6.42 Å². The van der Waals surface area contributed by atoms with Crippen LogP contribution in [0.1, 0.15) is 37.2 Å². The van der Waals surface area contributed by atoms with Crippen LogP contribution in [0, 0.1) is 5.92 Å². The number of carboxylic acid groups (broad SMARTS) is 1. The van der Waals surface area contributed by atoms with Crippen molar-refractivity contribution in [3.8, 4) is 0 Å². The van der Waals surface area contributed by atoms with E-state index in [2.05, 4.69) is 12.1 Å². The molecule has 0 radical (unpaired) electrons. The molecule has 124 valence electrons. The van der Waals surface area contributed by atoms with E-state index < -0.39 is 5.97 Å². The van der Waals surface area contributed by atoms with Gasteiger partial charge >= 0.3 is 5.97 Å². The van der Waals surface area contributed by atoms with Gasteiger partial charge in [0.1, 0.15) is 0 Å². The number of carbonyl (C=O) groups excluding carboxylic acids is 1. The molecular formula is C18H23NO4. The summed E-state index contributed by atoms with van der Waals surface area (Å²) in [5.74, 6) is 0.0632. The molecule has 0 bridgehead atoms. The second kappa shape index (κ2) is 6.71. The average molecular weight is 317 g/mol. The number of aliphatic carboxylic acids is 1. The summed E-state index contributed by atoms with van der Waals surface area (Å²) >= 11 is 0. The lowest BCUT2D eigenvalue weighted by atomic mass is 10.1. The third kappa shape index (κ3) is 3.72. The number of carbonyl (C=O) groups is 2. The molecule has 2 unspecified atom stereocenters. The molecule has 1 aromatic carbocycles. The molecule has 1 aliphatic carbocycles. The smallest absolute Gasteiger partial charge is 0.305 e. The minimum absolute atomic E-state index is 0.00161. The highest BCUT2D eigenvalue weighted by molar-refractivity contribution is 5.79. The van der Waals surface area contributed by atoms with Gasteiger partial charge in [-0.05, 0) is 30.2 Å². The van der Waals surface area contributed by atoms with Crippen molar-refractivity contribution in [2.24, 2.45) is 5.92 Å². The summed E-state index contributed by atoms with van der Waals surface area (Å²) in [6.07, 6.45) is 2.11. The maximum absolute atomic E-state index is 12.6. The van der Waals surface area contributed by atoms with Gasteiger partial charge in [-0.15, -0.1) is 0 Å². The standard InChI is InChI=1S/C18H23NO4/c1-23-15-9-14(10-18(21)22)19(11-15)17(20)8-13-7-16(13)12-5-3-2-4-6-12/h2-6,13-16H,7-11H2,1H3,(H,21,22)/t13-,14?,15?,16-/m0/s1. The third-order valence-corrected chi connectivity index (χ3v) is 5.03. The molecule has 2 aliphatic rings. The molecule has 0 spiro atoms. The van der Waals surface area contributed by atoms with Crippen molar-refractivity contribution in [1.29, 1.82) is 0 Å². The van der Waals surface area contributed by atoms with Crippen LogP contribution in [0.15, 0.2) is 30.3 Å². The van der Waals surface area contributed by atoms with Crippen LogP contribution >= 0.6 is 0 Å². The number of amides is 1. The van der Waals surface area contributed by atoms with Gasteiger partial charge in [-0.25, -0.2) is 0 Å². The number of rotatable bonds is 6. The molecule has 4 atom stereocenters. The molecule has 1 amide bonds. The molecule has 23 heavy (non-hydrogen) atoms. The molecule has 5 nitrogen and oxygen atoms in total. The first kappa shape index (κ1) is 16.0. The van der Waals surface area contributed by atoms with E-state index in [1.165, 1.54) is 5.56 Å². The topological polar surface area (TPSA) is 66.8 Å². The minimum atomic E-state index is -0.863. The number of methoxy groups -OCH3 is 1. The molecule has 1 heterocycles. The first-order chi connectivity index (χ1) is 11.1. The van der Waals surface area contributed by atoms with E-state index in [0.29, 0.717) is 31.2 Å². The lowest BCUT2D eigenvalue weighted by molar-refractivity contribution is -0.140. The lowest BCUT2D eigenvalue weighted by Crippen LogP contribution is -2.37. The van der Waals surface area contributed by atoms with Gasteiger partial charge in [0.05, 0.1) is 12.5 Å². The van der Waals surface area contributed by atoms with Gasteiger partial charge in [-0.1, -0.05) is 30.3 Å². The monoisotopic (exact) mass is 317 g/mol. The van der Waals surface area contributed by atoms with Gasteiger partial charge < -0.3 is 14.7 Å². The third-order valence-electron chi connectivity index (χ3n) is 5.03. The quantitative estimate of drug-likeness (QED) is 0.874. The maximum Gasteiger partial charge on any atom is 0.305 e. The summed E-state index contributed by atoms with van der Waals surface area (Å²) in [4.78, 5) is 25.3. The van der Waals surface area contributed by atoms with Crippen LogP contribution in [0.2, 0.25) is 0 Å². The van der Waals surface area contributed by atoms with Gasteiger partial charge in [0, 0.05) is 26.1 Å². The second-order valence-corrected chi connectivity index (χ2v) is 6.61. The van der Waals surface area contributed by atoms with E-state index in [1.807, 2.05) is 18.2 Å². The average Bonchev–Trinajstić information content (AvgIpc) is 3.18. The van der Waals surface area contributed by atoms with E-state index >= 15 is 0 Å². The lowest BCUT2D eigenvalue weighted by Gasteiger charge is -2.23. The number of ether oxygens (including phenoxy) is 1. The fourth-order valence-corrected chi connectivity index (χ4v) is 3.67. The highest BCUT2D eigenvalue weighted by atomic mass is 16.5. The first-order valence-corrected chi connectivity index (χ1v) is 8.17. The predicted molar refractivity (Wildman–Crippen MR) is 85.1 cm³/mol. The number of hydrogen-bond donors (Lipinski definition) is 1. The van der Waals surface area contributed by atoms with Gasteiger partial charge in [-0.2, -0.15) is 0 Å². The zero-order valence-corrected chi connectivity index (χ0v) is 13.4. The van der Waals surface area contributed by atoms with Gasteiger partial charge in [0.25, 0.3) is 0 Å². The van der Waals surface area contributed by atoms with Crippen LogP contribution in [0.3, 0.4) is 0 Å². The minimum Gasteiger partial charge on any atom is -0.481 e. The molecule has 5 heteroatoms. The van der Waals surface area contributed by atoms with Crippen molar-refractivity contribution < 1.29 is 19.4 Å². The van der Waals surface area contributed by atoms with Crippen molar-refractivity contribution in [2.75, 3.05) is 13.7 Å². The number of nitrogens with zero attached hydrogens (tertiary/aromatic N) is 1. The van der Waals surface area contributed by atoms with Crippen molar-refractivity contribution in [1.82, 2.24) is 4.90 Å². The molecule has 1 aromatic rings. The Morgan fingerprint density at radius 2 is 1.96 bits per heavy atom. The van der Waals surface area contributed by atoms with Crippen LogP contribution in [0.25, 0.3) is 0 Å². The predicted octanol–water partition coefficient (Wildman–Crippen LogP) is 2.27. The Morgan fingerprint density at radius 3 is 2.61 bits per heavy atom. The summed E-state index contributed by atoms with van der Waals surface area (Å²) in [6, 6.07) is 10.0. The second-order valence-electron chi connectivity index (χ2n) is 6.61. The molecule has 0 aromatic heterocycles. The Kier molecular flexibility index (Phi) is 4.66. The van der Waals surface area contributed by atoms with Crippen LogP contribution in [-0.4, -0.2) is 47.7 Å². The molecule has 1 saturated carbocycles. The number of likely N-dealkylation sites (tertiary alicyclic amines) is 1. The van der Waals surface area contributed by atoms with Crippen molar-refractivity contribution in [2.45, 2.75) is 43.7 Å². The Bertz CT molecular complexity index is 574. The molecule has 1 N–H and O–H groups in total. The van der Waals surface area contributed by atoms with E-state index in [9.17, 15) is 9.59 Å². The zero-order chi connectivity index (χ0) is 16.4. The first-order valence-electron chi connectivity index (χ1n) is 8.17.